The Balaban J connectivity index is 3.06. The van der Waals surface area contributed by atoms with Crippen LogP contribution in [0.5, 0.6) is 5.75 Å². The average Bonchev–Trinajstić information content (AvgIpc) is 2.46. The van der Waals surface area contributed by atoms with Crippen LogP contribution in [-0.2, 0) is 15.6 Å². The van der Waals surface area contributed by atoms with Gasteiger partial charge in [-0.05, 0) is 28.9 Å². The van der Waals surface area contributed by atoms with Crippen LogP contribution in [0.25, 0.3) is 0 Å². The fourth-order valence-corrected chi connectivity index (χ4v) is 2.53. The highest BCUT2D eigenvalue weighted by atomic mass is 16.3. The number of nitrogens with one attached hydrogen (secondary N) is 1. The number of hydrogen-bond acceptors (Lipinski definition) is 3. The molecule has 0 saturated heterocycles. The number of benzene rings is 1. The van der Waals surface area contributed by atoms with Gasteiger partial charge in [0.15, 0.2) is 0 Å². The lowest BCUT2D eigenvalue weighted by molar-refractivity contribution is -0.121. The van der Waals surface area contributed by atoms with E-state index in [9.17, 15) is 9.90 Å². The Bertz CT molecular complexity index is 620. The summed E-state index contributed by atoms with van der Waals surface area (Å²) in [7, 11) is 0. The second-order valence-electron chi connectivity index (χ2n) is 8.71. The number of unbranched alkanes of at least 4 members (excludes halogenated alkanes) is 2. The molecule has 0 atom stereocenters. The molecule has 0 saturated carbocycles. The van der Waals surface area contributed by atoms with E-state index in [4.69, 9.17) is 0 Å². The van der Waals surface area contributed by atoms with E-state index in [0.29, 0.717) is 12.0 Å². The Morgan fingerprint density at radius 2 is 1.76 bits per heavy atom. The van der Waals surface area contributed by atoms with Gasteiger partial charge in [-0.1, -0.05) is 67.4 Å². The predicted octanol–water partition coefficient (Wildman–Crippen LogP) is 5.02. The van der Waals surface area contributed by atoms with Crippen LogP contribution in [0.4, 0.5) is 0 Å². The van der Waals surface area contributed by atoms with Gasteiger partial charge in [-0.2, -0.15) is 5.10 Å². The zero-order valence-electron chi connectivity index (χ0n) is 16.9. The second-order valence-corrected chi connectivity index (χ2v) is 8.71. The maximum Gasteiger partial charge on any atom is 0.240 e. The molecule has 0 heterocycles. The Labute approximate surface area is 152 Å². The Hall–Kier alpha value is -1.84. The van der Waals surface area contributed by atoms with Crippen molar-refractivity contribution in [3.05, 3.63) is 28.8 Å². The van der Waals surface area contributed by atoms with Gasteiger partial charge in [0, 0.05) is 17.5 Å². The minimum Gasteiger partial charge on any atom is -0.507 e. The van der Waals surface area contributed by atoms with Crippen molar-refractivity contribution in [2.24, 2.45) is 5.10 Å². The molecule has 1 rings (SSSR count). The zero-order valence-corrected chi connectivity index (χ0v) is 16.9. The minimum atomic E-state index is -0.183. The molecule has 0 aliphatic heterocycles. The van der Waals surface area contributed by atoms with Gasteiger partial charge in [0.05, 0.1) is 6.21 Å². The fraction of sp³-hybridized carbons (Fsp3) is 0.619. The van der Waals surface area contributed by atoms with Crippen molar-refractivity contribution >= 4 is 12.1 Å². The van der Waals surface area contributed by atoms with Crippen LogP contribution in [0.3, 0.4) is 0 Å². The van der Waals surface area contributed by atoms with Gasteiger partial charge >= 0.3 is 0 Å². The van der Waals surface area contributed by atoms with E-state index in [1.54, 1.807) is 0 Å². The number of carbonyl (C=O) groups is 1. The molecule has 1 amide bonds. The van der Waals surface area contributed by atoms with Crippen molar-refractivity contribution in [2.75, 3.05) is 0 Å². The van der Waals surface area contributed by atoms with Crippen LogP contribution in [0, 0.1) is 0 Å². The van der Waals surface area contributed by atoms with Crippen molar-refractivity contribution < 1.29 is 9.90 Å². The van der Waals surface area contributed by atoms with Crippen LogP contribution in [0.2, 0.25) is 0 Å². The molecule has 4 nitrogen and oxygen atoms in total. The second kappa shape index (κ2) is 8.50. The van der Waals surface area contributed by atoms with E-state index >= 15 is 0 Å². The fourth-order valence-electron chi connectivity index (χ4n) is 2.53. The van der Waals surface area contributed by atoms with E-state index in [1.807, 2.05) is 6.07 Å². The van der Waals surface area contributed by atoms with Gasteiger partial charge in [-0.15, -0.1) is 0 Å². The molecular formula is C21H34N2O2. The largest absolute Gasteiger partial charge is 0.507 e. The molecule has 0 aliphatic rings. The highest BCUT2D eigenvalue weighted by Gasteiger charge is 2.24. The molecule has 0 aliphatic carbocycles. The van der Waals surface area contributed by atoms with Crippen LogP contribution >= 0.6 is 0 Å². The van der Waals surface area contributed by atoms with Gasteiger partial charge < -0.3 is 5.11 Å². The monoisotopic (exact) mass is 346 g/mol. The summed E-state index contributed by atoms with van der Waals surface area (Å²) in [5.41, 5.74) is 4.97. The molecule has 1 aromatic rings. The number of nitrogens with zero attached hydrogens (tertiary/aromatic N) is 1. The normalized spacial score (nSPS) is 12.6. The molecule has 4 heteroatoms. The summed E-state index contributed by atoms with van der Waals surface area (Å²) < 4.78 is 0. The number of phenolic OH excluding ortho intramolecular Hbond substituents is 1. The molecule has 25 heavy (non-hydrogen) atoms. The first-order chi connectivity index (χ1) is 11.5. The summed E-state index contributed by atoms with van der Waals surface area (Å²) in [5.74, 6) is 0.136. The highest BCUT2D eigenvalue weighted by molar-refractivity contribution is 5.86. The third-order valence-corrected chi connectivity index (χ3v) is 4.21. The predicted molar refractivity (Wildman–Crippen MR) is 105 cm³/mol. The maximum atomic E-state index is 11.8. The summed E-state index contributed by atoms with van der Waals surface area (Å²) in [6.07, 6.45) is 5.01. The number of hydrazone groups is 1. The van der Waals surface area contributed by atoms with Crippen LogP contribution in [0.1, 0.15) is 90.8 Å². The van der Waals surface area contributed by atoms with E-state index in [2.05, 4.69) is 65.1 Å². The highest BCUT2D eigenvalue weighted by Crippen LogP contribution is 2.36. The molecule has 0 bridgehead atoms. The summed E-state index contributed by atoms with van der Waals surface area (Å²) >= 11 is 0. The summed E-state index contributed by atoms with van der Waals surface area (Å²) in [6.45, 7) is 14.8. The molecule has 140 valence electrons. The van der Waals surface area contributed by atoms with Crippen molar-refractivity contribution in [3.8, 4) is 5.75 Å². The zero-order chi connectivity index (χ0) is 19.3. The molecule has 0 aromatic heterocycles. The van der Waals surface area contributed by atoms with Crippen LogP contribution in [-0.4, -0.2) is 17.2 Å². The number of phenols is 1. The van der Waals surface area contributed by atoms with Gasteiger partial charge in [-0.25, -0.2) is 5.43 Å². The Morgan fingerprint density at radius 3 is 2.28 bits per heavy atom. The van der Waals surface area contributed by atoms with Gasteiger partial charge in [0.1, 0.15) is 5.75 Å². The van der Waals surface area contributed by atoms with E-state index < -0.39 is 0 Å². The lowest BCUT2D eigenvalue weighted by atomic mass is 9.79. The summed E-state index contributed by atoms with van der Waals surface area (Å²) in [6, 6.07) is 4.01. The number of rotatable bonds is 6. The maximum absolute atomic E-state index is 11.8. The van der Waals surface area contributed by atoms with Crippen LogP contribution in [0.15, 0.2) is 17.2 Å². The summed E-state index contributed by atoms with van der Waals surface area (Å²) in [5, 5.41) is 14.7. The van der Waals surface area contributed by atoms with Gasteiger partial charge in [0.25, 0.3) is 0 Å². The van der Waals surface area contributed by atoms with Crippen LogP contribution < -0.4 is 5.43 Å². The lowest BCUT2D eigenvalue weighted by Crippen LogP contribution is -2.19. The van der Waals surface area contributed by atoms with Crippen molar-refractivity contribution in [2.45, 2.75) is 85.0 Å². The number of amides is 1. The first-order valence-corrected chi connectivity index (χ1v) is 9.16. The minimum absolute atomic E-state index is 0.0420. The molecule has 1 aromatic carbocycles. The van der Waals surface area contributed by atoms with Crippen molar-refractivity contribution in [3.63, 3.8) is 0 Å². The third-order valence-electron chi connectivity index (χ3n) is 4.21. The first-order valence-electron chi connectivity index (χ1n) is 9.16. The van der Waals surface area contributed by atoms with E-state index in [-0.39, 0.29) is 22.5 Å². The Kier molecular flexibility index (Phi) is 7.21. The average molecular weight is 347 g/mol. The number of hydrogen-bond donors (Lipinski definition) is 2. The van der Waals surface area contributed by atoms with Crippen molar-refractivity contribution in [1.29, 1.82) is 0 Å². The standard InChI is InChI=1S/C21H34N2O2/c1-8-9-10-11-18(24)23-22-14-15-12-16(20(2,3)4)13-17(19(15)25)21(5,6)7/h12-14,25H,8-11H2,1-7H3,(H,23,24)/b22-14+. The molecule has 0 spiro atoms. The summed E-state index contributed by atoms with van der Waals surface area (Å²) in [4.78, 5) is 11.8. The third kappa shape index (κ3) is 6.52. The molecule has 0 fully saturated rings. The quantitative estimate of drug-likeness (QED) is 0.432. The topological polar surface area (TPSA) is 61.7 Å². The smallest absolute Gasteiger partial charge is 0.240 e. The molecule has 0 unspecified atom stereocenters. The SMILES string of the molecule is CCCCCC(=O)N/N=C/c1cc(C(C)(C)C)cc(C(C)(C)C)c1O. The first kappa shape index (κ1) is 21.2. The molecular weight excluding hydrogens is 312 g/mol. The van der Waals surface area contributed by atoms with Gasteiger partial charge in [-0.3, -0.25) is 4.79 Å². The van der Waals surface area contributed by atoms with Gasteiger partial charge in [0.2, 0.25) is 5.91 Å². The number of carbonyl (C=O) groups excluding carboxylic acids is 1. The van der Waals surface area contributed by atoms with Crippen molar-refractivity contribution in [1.82, 2.24) is 5.43 Å². The van der Waals surface area contributed by atoms with E-state index in [1.165, 1.54) is 6.21 Å². The molecule has 2 N–H and O–H groups in total. The van der Waals surface area contributed by atoms with E-state index in [0.717, 1.165) is 30.4 Å². The lowest BCUT2D eigenvalue weighted by Gasteiger charge is -2.26. The molecule has 0 radical (unpaired) electrons. The Morgan fingerprint density at radius 1 is 1.12 bits per heavy atom. The number of aromatic hydroxyl groups is 1.